The number of pyridine rings is 1. The van der Waals surface area contributed by atoms with Gasteiger partial charge in [0.1, 0.15) is 11.6 Å². The number of carboxylic acids is 1. The van der Waals surface area contributed by atoms with Gasteiger partial charge in [-0.05, 0) is 56.2 Å². The predicted octanol–water partition coefficient (Wildman–Crippen LogP) is 3.56. The van der Waals surface area contributed by atoms with Crippen LogP contribution in [0.15, 0.2) is 24.5 Å². The van der Waals surface area contributed by atoms with Gasteiger partial charge in [-0.3, -0.25) is 9.59 Å². The lowest BCUT2D eigenvalue weighted by atomic mass is 9.91. The number of rotatable bonds is 12. The zero-order chi connectivity index (χ0) is 22.1. The maximum atomic E-state index is 12.5. The lowest BCUT2D eigenvalue weighted by molar-refractivity contribution is -0.137. The summed E-state index contributed by atoms with van der Waals surface area (Å²) in [5.41, 5.74) is 2.95. The molecule has 0 aliphatic carbocycles. The van der Waals surface area contributed by atoms with Crippen molar-refractivity contribution in [2.45, 2.75) is 64.2 Å². The van der Waals surface area contributed by atoms with E-state index in [1.807, 2.05) is 6.92 Å². The number of fused-ring (bicyclic) bond motifs is 1. The van der Waals surface area contributed by atoms with Crippen LogP contribution in [0.5, 0.6) is 6.01 Å². The van der Waals surface area contributed by atoms with Gasteiger partial charge in [-0.2, -0.15) is 0 Å². The van der Waals surface area contributed by atoms with Crippen molar-refractivity contribution in [2.75, 3.05) is 18.5 Å². The Hall–Kier alpha value is -3.03. The first-order valence-electron chi connectivity index (χ1n) is 11.0. The van der Waals surface area contributed by atoms with Crippen molar-refractivity contribution in [3.05, 3.63) is 41.3 Å². The Morgan fingerprint density at radius 1 is 1.19 bits per heavy atom. The van der Waals surface area contributed by atoms with E-state index < -0.39 is 11.9 Å². The number of Topliss-reactive ketones (excluding diaryl/α,β-unsaturated/α-hetero) is 1. The number of carboxylic acid groups (broad SMARTS) is 1. The fourth-order valence-electron chi connectivity index (χ4n) is 3.77. The van der Waals surface area contributed by atoms with E-state index in [9.17, 15) is 14.7 Å². The monoisotopic (exact) mass is 426 g/mol. The van der Waals surface area contributed by atoms with Gasteiger partial charge >= 0.3 is 12.0 Å². The van der Waals surface area contributed by atoms with Crippen molar-refractivity contribution in [3.8, 4) is 6.01 Å². The van der Waals surface area contributed by atoms with Gasteiger partial charge < -0.3 is 15.2 Å². The second kappa shape index (κ2) is 11.4. The molecule has 0 unspecified atom stereocenters. The molecular formula is C23H30N4O4. The first kappa shape index (κ1) is 22.7. The summed E-state index contributed by atoms with van der Waals surface area (Å²) in [6.07, 6.45) is 8.23. The standard InChI is InChI=1S/C23H30N4O4/c1-2-31-23-25-14-18(15-26-23)17(13-21(29)30)12-20(28)8-4-3-7-19-10-9-16-6-5-11-24-22(16)27-19/h9-10,14-15,17H,2-8,11-13H2,1H3,(H,24,27)(H,29,30)/t17-/m0/s1. The molecule has 2 N–H and O–H groups in total. The Labute approximate surface area is 182 Å². The highest BCUT2D eigenvalue weighted by Crippen LogP contribution is 2.25. The van der Waals surface area contributed by atoms with Gasteiger partial charge in [0.05, 0.1) is 13.0 Å². The number of unbranched alkanes of at least 4 members (excludes halogenated alkanes) is 1. The highest BCUT2D eigenvalue weighted by Gasteiger charge is 2.20. The third-order valence-corrected chi connectivity index (χ3v) is 5.38. The molecule has 8 nitrogen and oxygen atoms in total. The number of anilines is 1. The SMILES string of the molecule is CCOc1ncc([C@H](CC(=O)O)CC(=O)CCCCc2ccc3c(n2)NCCC3)cn1. The molecular weight excluding hydrogens is 396 g/mol. The molecule has 0 saturated heterocycles. The molecule has 0 radical (unpaired) electrons. The van der Waals surface area contributed by atoms with Crippen LogP contribution < -0.4 is 10.1 Å². The summed E-state index contributed by atoms with van der Waals surface area (Å²) in [7, 11) is 0. The lowest BCUT2D eigenvalue weighted by Gasteiger charge is -2.17. The van der Waals surface area contributed by atoms with Crippen molar-refractivity contribution >= 4 is 17.6 Å². The van der Waals surface area contributed by atoms with Gasteiger partial charge in [0.15, 0.2) is 0 Å². The van der Waals surface area contributed by atoms with Crippen LogP contribution >= 0.6 is 0 Å². The van der Waals surface area contributed by atoms with Gasteiger partial charge in [0, 0.05) is 43.4 Å². The minimum atomic E-state index is -0.946. The summed E-state index contributed by atoms with van der Waals surface area (Å²) < 4.78 is 5.22. The van der Waals surface area contributed by atoms with E-state index in [0.717, 1.165) is 50.2 Å². The third kappa shape index (κ3) is 7.01. The van der Waals surface area contributed by atoms with E-state index in [4.69, 9.17) is 4.74 Å². The van der Waals surface area contributed by atoms with E-state index >= 15 is 0 Å². The molecule has 0 fully saturated rings. The van der Waals surface area contributed by atoms with E-state index in [1.54, 1.807) is 12.4 Å². The normalized spacial score (nSPS) is 13.7. The van der Waals surface area contributed by atoms with Crippen molar-refractivity contribution in [1.82, 2.24) is 15.0 Å². The Bertz CT molecular complexity index is 886. The maximum Gasteiger partial charge on any atom is 0.316 e. The summed E-state index contributed by atoms with van der Waals surface area (Å²) in [5.74, 6) is -0.332. The average molecular weight is 427 g/mol. The van der Waals surface area contributed by atoms with Crippen LogP contribution in [0, 0.1) is 0 Å². The second-order valence-corrected chi connectivity index (χ2v) is 7.82. The fourth-order valence-corrected chi connectivity index (χ4v) is 3.77. The van der Waals surface area contributed by atoms with Gasteiger partial charge in [-0.1, -0.05) is 6.07 Å². The minimum absolute atomic E-state index is 0.0557. The van der Waals surface area contributed by atoms with E-state index in [2.05, 4.69) is 32.4 Å². The maximum absolute atomic E-state index is 12.5. The Morgan fingerprint density at radius 3 is 2.74 bits per heavy atom. The van der Waals surface area contributed by atoms with Gasteiger partial charge in [-0.25, -0.2) is 15.0 Å². The summed E-state index contributed by atoms with van der Waals surface area (Å²) >= 11 is 0. The van der Waals surface area contributed by atoms with Crippen LogP contribution in [-0.4, -0.2) is 45.0 Å². The minimum Gasteiger partial charge on any atom is -0.481 e. The Kier molecular flexibility index (Phi) is 8.32. The van der Waals surface area contributed by atoms with E-state index in [1.165, 1.54) is 5.56 Å². The first-order chi connectivity index (χ1) is 15.0. The number of ketones is 1. The lowest BCUT2D eigenvalue weighted by Crippen LogP contribution is -2.14. The number of aliphatic carboxylic acids is 1. The number of carbonyl (C=O) groups is 2. The largest absolute Gasteiger partial charge is 0.481 e. The number of carbonyl (C=O) groups excluding carboxylic acids is 1. The number of nitrogens with zero attached hydrogens (tertiary/aromatic N) is 3. The quantitative estimate of drug-likeness (QED) is 0.495. The Balaban J connectivity index is 1.47. The molecule has 1 aliphatic heterocycles. The smallest absolute Gasteiger partial charge is 0.316 e. The Morgan fingerprint density at radius 2 is 2.00 bits per heavy atom. The highest BCUT2D eigenvalue weighted by molar-refractivity contribution is 5.80. The van der Waals surface area contributed by atoms with Crippen LogP contribution in [0.4, 0.5) is 5.82 Å². The molecule has 3 heterocycles. The van der Waals surface area contributed by atoms with Crippen LogP contribution in [0.3, 0.4) is 0 Å². The van der Waals surface area contributed by atoms with Crippen LogP contribution in [-0.2, 0) is 22.4 Å². The predicted molar refractivity (Wildman–Crippen MR) is 116 cm³/mol. The highest BCUT2D eigenvalue weighted by atomic mass is 16.5. The molecule has 0 aromatic carbocycles. The zero-order valence-electron chi connectivity index (χ0n) is 18.0. The summed E-state index contributed by atoms with van der Waals surface area (Å²) in [6, 6.07) is 4.46. The average Bonchev–Trinajstić information content (AvgIpc) is 2.76. The van der Waals surface area contributed by atoms with E-state index in [0.29, 0.717) is 18.6 Å². The molecule has 0 amide bonds. The van der Waals surface area contributed by atoms with Gasteiger partial charge in [0.25, 0.3) is 0 Å². The van der Waals surface area contributed by atoms with Gasteiger partial charge in [-0.15, -0.1) is 0 Å². The van der Waals surface area contributed by atoms with Crippen molar-refractivity contribution in [2.24, 2.45) is 0 Å². The molecule has 2 aromatic rings. The van der Waals surface area contributed by atoms with Crippen molar-refractivity contribution < 1.29 is 19.4 Å². The van der Waals surface area contributed by atoms with Crippen LogP contribution in [0.1, 0.15) is 68.2 Å². The van der Waals surface area contributed by atoms with Crippen LogP contribution in [0.25, 0.3) is 0 Å². The summed E-state index contributed by atoms with van der Waals surface area (Å²) in [5, 5.41) is 12.6. The number of aryl methyl sites for hydroxylation is 2. The molecule has 1 aliphatic rings. The number of hydrogen-bond acceptors (Lipinski definition) is 7. The fraction of sp³-hybridized carbons (Fsp3) is 0.522. The van der Waals surface area contributed by atoms with E-state index in [-0.39, 0.29) is 24.6 Å². The van der Waals surface area contributed by atoms with Gasteiger partial charge in [0.2, 0.25) is 0 Å². The summed E-state index contributed by atoms with van der Waals surface area (Å²) in [6.45, 7) is 3.25. The third-order valence-electron chi connectivity index (χ3n) is 5.38. The molecule has 3 rings (SSSR count). The molecule has 0 bridgehead atoms. The molecule has 166 valence electrons. The van der Waals surface area contributed by atoms with Crippen molar-refractivity contribution in [1.29, 1.82) is 0 Å². The molecule has 8 heteroatoms. The molecule has 0 saturated carbocycles. The van der Waals surface area contributed by atoms with Crippen molar-refractivity contribution in [3.63, 3.8) is 0 Å². The molecule has 2 aromatic heterocycles. The number of nitrogens with one attached hydrogen (secondary N) is 1. The second-order valence-electron chi connectivity index (χ2n) is 7.82. The summed E-state index contributed by atoms with van der Waals surface area (Å²) in [4.78, 5) is 36.6. The number of ether oxygens (including phenoxy) is 1. The topological polar surface area (TPSA) is 114 Å². The molecule has 31 heavy (non-hydrogen) atoms. The number of aromatic nitrogens is 3. The number of hydrogen-bond donors (Lipinski definition) is 2. The first-order valence-corrected chi connectivity index (χ1v) is 11.0. The molecule has 0 spiro atoms. The zero-order valence-corrected chi connectivity index (χ0v) is 18.0. The van der Waals surface area contributed by atoms with Crippen LogP contribution in [0.2, 0.25) is 0 Å². The molecule has 1 atom stereocenters.